The normalized spacial score (nSPS) is 14.5. The van der Waals surface area contributed by atoms with Gasteiger partial charge in [-0.3, -0.25) is 0 Å². The zero-order valence-electron chi connectivity index (χ0n) is 8.60. The lowest BCUT2D eigenvalue weighted by molar-refractivity contribution is 0.624. The predicted molar refractivity (Wildman–Crippen MR) is 57.5 cm³/mol. The molecule has 3 heteroatoms. The van der Waals surface area contributed by atoms with Crippen LogP contribution in [0.15, 0.2) is 12.1 Å². The summed E-state index contributed by atoms with van der Waals surface area (Å²) in [5.74, 6) is -0.150. The zero-order valence-corrected chi connectivity index (χ0v) is 8.60. The molecule has 2 rings (SSSR count). The van der Waals surface area contributed by atoms with Crippen molar-refractivity contribution in [1.82, 2.24) is 0 Å². The first-order valence-corrected chi connectivity index (χ1v) is 4.92. The summed E-state index contributed by atoms with van der Waals surface area (Å²) < 4.78 is 13.5. The molecule has 0 radical (unpaired) electrons. The lowest BCUT2D eigenvalue weighted by Crippen LogP contribution is -2.15. The molecule has 0 aliphatic carbocycles. The second kappa shape index (κ2) is 3.48. The molecule has 0 spiro atoms. The maximum atomic E-state index is 13.5. The standard InChI is InChI=1S/C11H15FN2/c1-14(2)11-6-8-4-3-5-13-10(8)7-9(11)12/h6-7,13H,3-5H2,1-2H3. The van der Waals surface area contributed by atoms with Gasteiger partial charge >= 0.3 is 0 Å². The van der Waals surface area contributed by atoms with E-state index in [0.29, 0.717) is 5.69 Å². The molecule has 0 fully saturated rings. The Morgan fingerprint density at radius 1 is 1.36 bits per heavy atom. The fourth-order valence-corrected chi connectivity index (χ4v) is 1.82. The molecule has 1 aliphatic heterocycles. The summed E-state index contributed by atoms with van der Waals surface area (Å²) in [7, 11) is 3.72. The van der Waals surface area contributed by atoms with E-state index in [1.54, 1.807) is 6.07 Å². The third kappa shape index (κ3) is 1.54. The Hall–Kier alpha value is -1.25. The number of rotatable bonds is 1. The van der Waals surface area contributed by atoms with Gasteiger partial charge in [0.05, 0.1) is 5.69 Å². The van der Waals surface area contributed by atoms with Crippen LogP contribution in [0.4, 0.5) is 15.8 Å². The molecule has 1 N–H and O–H groups in total. The molecule has 0 unspecified atom stereocenters. The van der Waals surface area contributed by atoms with Crippen molar-refractivity contribution < 1.29 is 4.39 Å². The third-order valence-electron chi connectivity index (χ3n) is 2.59. The summed E-state index contributed by atoms with van der Waals surface area (Å²) in [5.41, 5.74) is 2.85. The van der Waals surface area contributed by atoms with Crippen molar-refractivity contribution in [3.8, 4) is 0 Å². The van der Waals surface area contributed by atoms with Crippen LogP contribution < -0.4 is 10.2 Å². The highest BCUT2D eigenvalue weighted by molar-refractivity contribution is 5.62. The van der Waals surface area contributed by atoms with Gasteiger partial charge in [-0.2, -0.15) is 0 Å². The molecule has 1 aromatic rings. The molecule has 2 nitrogen and oxygen atoms in total. The largest absolute Gasteiger partial charge is 0.385 e. The Bertz CT molecular complexity index is 347. The van der Waals surface area contributed by atoms with Crippen LogP contribution >= 0.6 is 0 Å². The summed E-state index contributed by atoms with van der Waals surface area (Å²) in [6, 6.07) is 3.54. The molecule has 14 heavy (non-hydrogen) atoms. The molecule has 1 aromatic carbocycles. The Labute approximate surface area is 83.7 Å². The Kier molecular flexibility index (Phi) is 2.32. The number of hydrogen-bond acceptors (Lipinski definition) is 2. The second-order valence-electron chi connectivity index (χ2n) is 3.89. The van der Waals surface area contributed by atoms with Gasteiger partial charge in [0, 0.05) is 26.3 Å². The molecule has 1 heterocycles. The average molecular weight is 194 g/mol. The highest BCUT2D eigenvalue weighted by Gasteiger charge is 2.13. The van der Waals surface area contributed by atoms with Gasteiger partial charge in [0.1, 0.15) is 5.82 Å². The van der Waals surface area contributed by atoms with Crippen molar-refractivity contribution in [2.45, 2.75) is 12.8 Å². The Morgan fingerprint density at radius 2 is 2.14 bits per heavy atom. The van der Waals surface area contributed by atoms with E-state index in [1.807, 2.05) is 25.1 Å². The quantitative estimate of drug-likeness (QED) is 0.737. The molecule has 0 saturated carbocycles. The van der Waals surface area contributed by atoms with Gasteiger partial charge in [0.2, 0.25) is 0 Å². The molecule has 0 aromatic heterocycles. The summed E-state index contributed by atoms with van der Waals surface area (Å²) in [4.78, 5) is 1.81. The van der Waals surface area contributed by atoms with Crippen LogP contribution in [0.2, 0.25) is 0 Å². The number of benzene rings is 1. The van der Waals surface area contributed by atoms with E-state index in [0.717, 1.165) is 25.1 Å². The van der Waals surface area contributed by atoms with Crippen molar-refractivity contribution in [1.29, 1.82) is 0 Å². The Morgan fingerprint density at radius 3 is 2.86 bits per heavy atom. The van der Waals surface area contributed by atoms with Crippen molar-refractivity contribution >= 4 is 11.4 Å². The van der Waals surface area contributed by atoms with Gasteiger partial charge in [-0.25, -0.2) is 4.39 Å². The molecule has 0 amide bonds. The van der Waals surface area contributed by atoms with Crippen LogP contribution in [-0.4, -0.2) is 20.6 Å². The van der Waals surface area contributed by atoms with Crippen molar-refractivity contribution in [2.24, 2.45) is 0 Å². The number of nitrogens with zero attached hydrogens (tertiary/aromatic N) is 1. The zero-order chi connectivity index (χ0) is 10.1. The fraction of sp³-hybridized carbons (Fsp3) is 0.455. The number of fused-ring (bicyclic) bond motifs is 1. The van der Waals surface area contributed by atoms with Crippen LogP contribution in [-0.2, 0) is 6.42 Å². The van der Waals surface area contributed by atoms with E-state index in [4.69, 9.17) is 0 Å². The lowest BCUT2D eigenvalue weighted by atomic mass is 10.0. The molecule has 76 valence electrons. The second-order valence-corrected chi connectivity index (χ2v) is 3.89. The molecule has 0 bridgehead atoms. The van der Waals surface area contributed by atoms with Gasteiger partial charge in [-0.05, 0) is 30.5 Å². The number of aryl methyl sites for hydroxylation is 1. The third-order valence-corrected chi connectivity index (χ3v) is 2.59. The SMILES string of the molecule is CN(C)c1cc2c(cc1F)NCCC2. The van der Waals surface area contributed by atoms with Gasteiger partial charge in [0.15, 0.2) is 0 Å². The highest BCUT2D eigenvalue weighted by Crippen LogP contribution is 2.29. The van der Waals surface area contributed by atoms with E-state index in [9.17, 15) is 4.39 Å². The van der Waals surface area contributed by atoms with Crippen LogP contribution in [0, 0.1) is 5.82 Å². The minimum Gasteiger partial charge on any atom is -0.385 e. The van der Waals surface area contributed by atoms with Gasteiger partial charge < -0.3 is 10.2 Å². The maximum Gasteiger partial charge on any atom is 0.148 e. The van der Waals surface area contributed by atoms with E-state index < -0.39 is 0 Å². The van der Waals surface area contributed by atoms with Crippen LogP contribution in [0.1, 0.15) is 12.0 Å². The average Bonchev–Trinajstić information content (AvgIpc) is 2.16. The smallest absolute Gasteiger partial charge is 0.148 e. The minimum atomic E-state index is -0.150. The van der Waals surface area contributed by atoms with Gasteiger partial charge in [-0.1, -0.05) is 0 Å². The van der Waals surface area contributed by atoms with Crippen LogP contribution in [0.5, 0.6) is 0 Å². The topological polar surface area (TPSA) is 15.3 Å². The van der Waals surface area contributed by atoms with Crippen LogP contribution in [0.3, 0.4) is 0 Å². The van der Waals surface area contributed by atoms with Crippen molar-refractivity contribution in [3.05, 3.63) is 23.5 Å². The molecule has 1 aliphatic rings. The molecular weight excluding hydrogens is 179 g/mol. The van der Waals surface area contributed by atoms with E-state index in [1.165, 1.54) is 5.56 Å². The van der Waals surface area contributed by atoms with Gasteiger partial charge in [-0.15, -0.1) is 0 Å². The lowest BCUT2D eigenvalue weighted by Gasteiger charge is -2.21. The summed E-state index contributed by atoms with van der Waals surface area (Å²) in [6.07, 6.45) is 2.18. The first-order chi connectivity index (χ1) is 6.68. The van der Waals surface area contributed by atoms with Gasteiger partial charge in [0.25, 0.3) is 0 Å². The predicted octanol–water partition coefficient (Wildman–Crippen LogP) is 2.25. The van der Waals surface area contributed by atoms with E-state index in [2.05, 4.69) is 5.32 Å². The number of halogens is 1. The Balaban J connectivity index is 2.45. The van der Waals surface area contributed by atoms with Crippen molar-refractivity contribution in [3.63, 3.8) is 0 Å². The first kappa shape index (κ1) is 9.31. The van der Waals surface area contributed by atoms with Crippen molar-refractivity contribution in [2.75, 3.05) is 30.9 Å². The first-order valence-electron chi connectivity index (χ1n) is 4.92. The summed E-state index contributed by atoms with van der Waals surface area (Å²) in [6.45, 7) is 0.952. The monoisotopic (exact) mass is 194 g/mol. The molecule has 0 saturated heterocycles. The molecule has 0 atom stereocenters. The molecular formula is C11H15FN2. The van der Waals surface area contributed by atoms with Crippen LogP contribution in [0.25, 0.3) is 0 Å². The van der Waals surface area contributed by atoms with E-state index >= 15 is 0 Å². The van der Waals surface area contributed by atoms with E-state index in [-0.39, 0.29) is 5.82 Å². The fourth-order valence-electron chi connectivity index (χ4n) is 1.82. The summed E-state index contributed by atoms with van der Waals surface area (Å²) in [5, 5.41) is 3.21. The maximum absolute atomic E-state index is 13.5. The minimum absolute atomic E-state index is 0.150. The number of hydrogen-bond donors (Lipinski definition) is 1. The number of nitrogens with one attached hydrogen (secondary N) is 1. The summed E-state index contributed by atoms with van der Waals surface area (Å²) >= 11 is 0. The number of anilines is 2. The highest BCUT2D eigenvalue weighted by atomic mass is 19.1.